The third-order valence-electron chi connectivity index (χ3n) is 4.69. The predicted octanol–water partition coefficient (Wildman–Crippen LogP) is 4.37. The van der Waals surface area contributed by atoms with Gasteiger partial charge in [0, 0.05) is 28.8 Å². The number of rotatable bonds is 4. The minimum atomic E-state index is -3.54. The van der Waals surface area contributed by atoms with Gasteiger partial charge in [0.15, 0.2) is 0 Å². The lowest BCUT2D eigenvalue weighted by atomic mass is 9.94. The number of hydrogen-bond acceptors (Lipinski definition) is 3. The summed E-state index contributed by atoms with van der Waals surface area (Å²) in [6, 6.07) is 13.4. The molecule has 0 saturated carbocycles. The number of carbonyl (C=O) groups excluding carboxylic acids is 1. The minimum Gasteiger partial charge on any atom is -0.322 e. The second-order valence-electron chi connectivity index (χ2n) is 7.25. The second-order valence-corrected chi connectivity index (χ2v) is 10.1. The summed E-state index contributed by atoms with van der Waals surface area (Å²) in [5.41, 5.74) is 1.09. The second kappa shape index (κ2) is 8.12. The summed E-state index contributed by atoms with van der Waals surface area (Å²) in [6.07, 6.45) is 1.04. The molecule has 5 nitrogen and oxygen atoms in total. The highest BCUT2D eigenvalue weighted by Gasteiger charge is 2.31. The molecule has 2 aromatic rings. The number of anilines is 1. The third-order valence-corrected chi connectivity index (χ3v) is 7.07. The maximum atomic E-state index is 12.9. The Morgan fingerprint density at radius 3 is 2.11 bits per heavy atom. The fourth-order valence-electron chi connectivity index (χ4n) is 3.47. The van der Waals surface area contributed by atoms with E-state index < -0.39 is 10.0 Å². The zero-order valence-corrected chi connectivity index (χ0v) is 17.8. The van der Waals surface area contributed by atoms with E-state index in [0.29, 0.717) is 36.2 Å². The van der Waals surface area contributed by atoms with Crippen molar-refractivity contribution < 1.29 is 13.2 Å². The minimum absolute atomic E-state index is 0.226. The fourth-order valence-corrected chi connectivity index (χ4v) is 5.41. The molecule has 0 spiro atoms. The SMILES string of the molecule is C[C@H]1C[C@H](C)CN(S(=O)(=O)c2ccc(C(=O)Nc3ccc(Br)cc3)cc2)C1. The van der Waals surface area contributed by atoms with E-state index >= 15 is 0 Å². The Labute approximate surface area is 169 Å². The number of nitrogens with one attached hydrogen (secondary N) is 1. The first-order chi connectivity index (χ1) is 12.8. The predicted molar refractivity (Wildman–Crippen MR) is 110 cm³/mol. The van der Waals surface area contributed by atoms with Gasteiger partial charge in [-0.25, -0.2) is 8.42 Å². The van der Waals surface area contributed by atoms with E-state index in [1.165, 1.54) is 12.1 Å². The van der Waals surface area contributed by atoms with Crippen molar-refractivity contribution in [3.8, 4) is 0 Å². The molecule has 0 aliphatic carbocycles. The maximum Gasteiger partial charge on any atom is 0.255 e. The van der Waals surface area contributed by atoms with Crippen LogP contribution in [0, 0.1) is 11.8 Å². The van der Waals surface area contributed by atoms with E-state index in [4.69, 9.17) is 0 Å². The molecule has 1 aliphatic rings. The molecule has 7 heteroatoms. The van der Waals surface area contributed by atoms with Crippen molar-refractivity contribution in [3.05, 3.63) is 58.6 Å². The molecule has 1 N–H and O–H groups in total. The first-order valence-electron chi connectivity index (χ1n) is 8.93. The molecule has 2 aromatic carbocycles. The molecule has 1 saturated heterocycles. The van der Waals surface area contributed by atoms with Crippen LogP contribution in [0.3, 0.4) is 0 Å². The van der Waals surface area contributed by atoms with Gasteiger partial charge in [-0.05, 0) is 66.8 Å². The number of amides is 1. The number of benzene rings is 2. The molecule has 1 aliphatic heterocycles. The zero-order chi connectivity index (χ0) is 19.6. The first kappa shape index (κ1) is 20.0. The summed E-state index contributed by atoms with van der Waals surface area (Å²) in [5, 5.41) is 2.80. The Kier molecular flexibility index (Phi) is 6.03. The van der Waals surface area contributed by atoms with Gasteiger partial charge in [0.05, 0.1) is 4.90 Å². The summed E-state index contributed by atoms with van der Waals surface area (Å²) >= 11 is 3.35. The molecular weight excluding hydrogens is 428 g/mol. The Bertz CT molecular complexity index is 901. The van der Waals surface area contributed by atoms with Gasteiger partial charge >= 0.3 is 0 Å². The largest absolute Gasteiger partial charge is 0.322 e. The van der Waals surface area contributed by atoms with Crippen LogP contribution in [-0.4, -0.2) is 31.7 Å². The van der Waals surface area contributed by atoms with E-state index in [1.807, 2.05) is 12.1 Å². The summed E-state index contributed by atoms with van der Waals surface area (Å²) in [4.78, 5) is 12.6. The molecule has 0 aromatic heterocycles. The summed E-state index contributed by atoms with van der Waals surface area (Å²) in [5.74, 6) is 0.417. The number of sulfonamides is 1. The number of halogens is 1. The van der Waals surface area contributed by atoms with Crippen molar-refractivity contribution in [1.82, 2.24) is 4.31 Å². The van der Waals surface area contributed by atoms with Crippen LogP contribution in [-0.2, 0) is 10.0 Å². The van der Waals surface area contributed by atoms with E-state index in [2.05, 4.69) is 35.1 Å². The summed E-state index contributed by atoms with van der Waals surface area (Å²) in [7, 11) is -3.54. The van der Waals surface area contributed by atoms with Gasteiger partial charge in [-0.2, -0.15) is 4.31 Å². The van der Waals surface area contributed by atoms with Crippen LogP contribution >= 0.6 is 15.9 Å². The lowest BCUT2D eigenvalue weighted by molar-refractivity contribution is 0.102. The van der Waals surface area contributed by atoms with Crippen molar-refractivity contribution >= 4 is 37.5 Å². The smallest absolute Gasteiger partial charge is 0.255 e. The van der Waals surface area contributed by atoms with E-state index in [9.17, 15) is 13.2 Å². The summed E-state index contributed by atoms with van der Waals surface area (Å²) < 4.78 is 28.3. The first-order valence-corrected chi connectivity index (χ1v) is 11.2. The molecule has 3 rings (SSSR count). The Morgan fingerprint density at radius 1 is 1.00 bits per heavy atom. The van der Waals surface area contributed by atoms with Crippen LogP contribution in [0.5, 0.6) is 0 Å². The number of nitrogens with zero attached hydrogens (tertiary/aromatic N) is 1. The van der Waals surface area contributed by atoms with Gasteiger partial charge in [0.25, 0.3) is 5.91 Å². The normalized spacial score (nSPS) is 21.0. The number of carbonyl (C=O) groups is 1. The van der Waals surface area contributed by atoms with Crippen molar-refractivity contribution in [2.45, 2.75) is 25.2 Å². The van der Waals surface area contributed by atoms with E-state index in [-0.39, 0.29) is 10.8 Å². The molecule has 0 bridgehead atoms. The molecule has 1 fully saturated rings. The van der Waals surface area contributed by atoms with E-state index in [0.717, 1.165) is 10.9 Å². The molecule has 2 atom stereocenters. The van der Waals surface area contributed by atoms with Gasteiger partial charge in [-0.15, -0.1) is 0 Å². The van der Waals surface area contributed by atoms with Crippen LogP contribution in [0.1, 0.15) is 30.6 Å². The average molecular weight is 451 g/mol. The molecule has 27 heavy (non-hydrogen) atoms. The number of hydrogen-bond donors (Lipinski definition) is 1. The highest BCUT2D eigenvalue weighted by atomic mass is 79.9. The molecule has 0 unspecified atom stereocenters. The summed E-state index contributed by atoms with van der Waals surface area (Å²) in [6.45, 7) is 5.23. The van der Waals surface area contributed by atoms with Crippen molar-refractivity contribution in [2.75, 3.05) is 18.4 Å². The molecule has 1 heterocycles. The zero-order valence-electron chi connectivity index (χ0n) is 15.4. The Balaban J connectivity index is 1.74. The monoisotopic (exact) mass is 450 g/mol. The van der Waals surface area contributed by atoms with Gasteiger partial charge in [0.2, 0.25) is 10.0 Å². The maximum absolute atomic E-state index is 12.9. The molecule has 144 valence electrons. The molecule has 1 amide bonds. The van der Waals surface area contributed by atoms with Crippen molar-refractivity contribution in [3.63, 3.8) is 0 Å². The lowest BCUT2D eigenvalue weighted by Gasteiger charge is -2.34. The molecule has 0 radical (unpaired) electrons. The van der Waals surface area contributed by atoms with Crippen LogP contribution in [0.2, 0.25) is 0 Å². The van der Waals surface area contributed by atoms with Crippen molar-refractivity contribution in [2.24, 2.45) is 11.8 Å². The van der Waals surface area contributed by atoms with Gasteiger partial charge in [-0.1, -0.05) is 29.8 Å². The van der Waals surface area contributed by atoms with Crippen molar-refractivity contribution in [1.29, 1.82) is 0 Å². The average Bonchev–Trinajstić information content (AvgIpc) is 2.63. The van der Waals surface area contributed by atoms with Crippen LogP contribution in [0.25, 0.3) is 0 Å². The van der Waals surface area contributed by atoms with Gasteiger partial charge in [0.1, 0.15) is 0 Å². The standard InChI is InChI=1S/C20H23BrN2O3S/c1-14-11-15(2)13-23(12-14)27(25,26)19-9-3-16(4-10-19)20(24)22-18-7-5-17(21)6-8-18/h3-10,14-15H,11-13H2,1-2H3,(H,22,24)/t14-,15-/m0/s1. The quantitative estimate of drug-likeness (QED) is 0.751. The van der Waals surface area contributed by atoms with E-state index in [1.54, 1.807) is 28.6 Å². The highest BCUT2D eigenvalue weighted by molar-refractivity contribution is 9.10. The highest BCUT2D eigenvalue weighted by Crippen LogP contribution is 2.27. The molecular formula is C20H23BrN2O3S. The van der Waals surface area contributed by atoms with Crippen LogP contribution < -0.4 is 5.32 Å². The topological polar surface area (TPSA) is 66.5 Å². The number of piperidine rings is 1. The van der Waals surface area contributed by atoms with Gasteiger partial charge in [-0.3, -0.25) is 4.79 Å². The Hall–Kier alpha value is -1.70. The van der Waals surface area contributed by atoms with Crippen LogP contribution in [0.4, 0.5) is 5.69 Å². The lowest BCUT2D eigenvalue weighted by Crippen LogP contribution is -2.42. The Morgan fingerprint density at radius 2 is 1.56 bits per heavy atom. The fraction of sp³-hybridized carbons (Fsp3) is 0.350. The third kappa shape index (κ3) is 4.78. The van der Waals surface area contributed by atoms with Crippen LogP contribution in [0.15, 0.2) is 57.9 Å². The van der Waals surface area contributed by atoms with Gasteiger partial charge < -0.3 is 5.32 Å².